The van der Waals surface area contributed by atoms with Crippen LogP contribution >= 0.6 is 11.3 Å². The molecule has 22 heavy (non-hydrogen) atoms. The summed E-state index contributed by atoms with van der Waals surface area (Å²) in [6, 6.07) is 1.96. The minimum absolute atomic E-state index is 0.275. The van der Waals surface area contributed by atoms with Crippen molar-refractivity contribution in [2.24, 2.45) is 0 Å². The predicted molar refractivity (Wildman–Crippen MR) is 73.7 cm³/mol. The van der Waals surface area contributed by atoms with E-state index in [-0.39, 0.29) is 6.54 Å². The summed E-state index contributed by atoms with van der Waals surface area (Å²) in [6.45, 7) is -0.275. The third kappa shape index (κ3) is 3.14. The Kier molecular flexibility index (Phi) is 4.56. The number of hydrogen-bond acceptors (Lipinski definition) is 5. The summed E-state index contributed by atoms with van der Waals surface area (Å²) in [5.74, 6) is -0.163. The summed E-state index contributed by atoms with van der Waals surface area (Å²) in [5.41, 5.74) is 0. The normalized spacial score (nSPS) is 19.5. The zero-order valence-electron chi connectivity index (χ0n) is 11.5. The summed E-state index contributed by atoms with van der Waals surface area (Å²) in [6.07, 6.45) is -0.497. The second-order valence-electron chi connectivity index (χ2n) is 4.50. The van der Waals surface area contributed by atoms with Crippen LogP contribution in [-0.2, 0) is 14.3 Å². The molecule has 1 aromatic rings. The van der Waals surface area contributed by atoms with Crippen LogP contribution in [0.25, 0.3) is 0 Å². The van der Waals surface area contributed by atoms with E-state index >= 15 is 0 Å². The standard InChI is InChI=1S/C14H11F2NO4S/c1-21-12(19)11-5-4-10(22-11)3-2-6-17-9(8-18)7-14(15,16)13(17)20/h4-5,8-9H,6-7H2,1H3/t9-/m1/s1. The van der Waals surface area contributed by atoms with Crippen molar-refractivity contribution in [1.29, 1.82) is 0 Å². The Balaban J connectivity index is 2.07. The zero-order valence-corrected chi connectivity index (χ0v) is 12.3. The van der Waals surface area contributed by atoms with Gasteiger partial charge in [0.05, 0.1) is 24.6 Å². The van der Waals surface area contributed by atoms with E-state index < -0.39 is 30.3 Å². The molecular formula is C14H11F2NO4S. The lowest BCUT2D eigenvalue weighted by Gasteiger charge is -2.16. The molecule has 1 aliphatic heterocycles. The van der Waals surface area contributed by atoms with Crippen molar-refractivity contribution in [1.82, 2.24) is 4.90 Å². The maximum absolute atomic E-state index is 13.3. The van der Waals surface area contributed by atoms with E-state index in [0.29, 0.717) is 16.0 Å². The summed E-state index contributed by atoms with van der Waals surface area (Å²) < 4.78 is 31.1. The molecule has 0 spiro atoms. The van der Waals surface area contributed by atoms with Gasteiger partial charge in [0.1, 0.15) is 11.2 Å². The quantitative estimate of drug-likeness (QED) is 0.477. The molecular weight excluding hydrogens is 316 g/mol. The number of carbonyl (C=O) groups is 3. The van der Waals surface area contributed by atoms with Crippen molar-refractivity contribution in [3.63, 3.8) is 0 Å². The fourth-order valence-electron chi connectivity index (χ4n) is 1.96. The first kappa shape index (κ1) is 16.1. The Bertz CT molecular complexity index is 674. The van der Waals surface area contributed by atoms with E-state index in [1.165, 1.54) is 13.2 Å². The van der Waals surface area contributed by atoms with E-state index in [4.69, 9.17) is 0 Å². The zero-order chi connectivity index (χ0) is 16.3. The molecule has 2 rings (SSSR count). The molecule has 0 aromatic carbocycles. The maximum Gasteiger partial charge on any atom is 0.348 e. The minimum Gasteiger partial charge on any atom is -0.465 e. The van der Waals surface area contributed by atoms with Crippen LogP contribution in [0.1, 0.15) is 21.0 Å². The molecule has 1 amide bonds. The number of thiophene rings is 1. The monoisotopic (exact) mass is 327 g/mol. The highest BCUT2D eigenvalue weighted by Crippen LogP contribution is 2.32. The number of rotatable bonds is 3. The van der Waals surface area contributed by atoms with Gasteiger partial charge in [-0.3, -0.25) is 4.79 Å². The van der Waals surface area contributed by atoms with Gasteiger partial charge in [-0.15, -0.1) is 11.3 Å². The van der Waals surface area contributed by atoms with Crippen LogP contribution in [0.3, 0.4) is 0 Å². The molecule has 2 heterocycles. The van der Waals surface area contributed by atoms with Crippen molar-refractivity contribution in [2.45, 2.75) is 18.4 Å². The third-order valence-electron chi connectivity index (χ3n) is 3.05. The highest BCUT2D eigenvalue weighted by atomic mass is 32.1. The number of halogens is 2. The number of carbonyl (C=O) groups excluding carboxylic acids is 3. The summed E-state index contributed by atoms with van der Waals surface area (Å²) >= 11 is 1.09. The topological polar surface area (TPSA) is 63.7 Å². The van der Waals surface area contributed by atoms with Crippen LogP contribution in [0, 0.1) is 11.8 Å². The van der Waals surface area contributed by atoms with Gasteiger partial charge in [0.15, 0.2) is 0 Å². The molecule has 0 unspecified atom stereocenters. The molecule has 1 saturated heterocycles. The van der Waals surface area contributed by atoms with E-state index in [9.17, 15) is 23.2 Å². The molecule has 1 aromatic heterocycles. The average molecular weight is 327 g/mol. The number of hydrogen-bond donors (Lipinski definition) is 0. The van der Waals surface area contributed by atoms with Crippen LogP contribution in [0.4, 0.5) is 8.78 Å². The second-order valence-corrected chi connectivity index (χ2v) is 5.59. The summed E-state index contributed by atoms with van der Waals surface area (Å²) in [5, 5.41) is 0. The van der Waals surface area contributed by atoms with Gasteiger partial charge < -0.3 is 14.4 Å². The molecule has 0 saturated carbocycles. The molecule has 1 fully saturated rings. The average Bonchev–Trinajstić information content (AvgIpc) is 3.04. The first-order valence-corrected chi connectivity index (χ1v) is 7.02. The Labute approximate surface area is 128 Å². The van der Waals surface area contributed by atoms with E-state index in [0.717, 1.165) is 16.2 Å². The van der Waals surface area contributed by atoms with E-state index in [2.05, 4.69) is 16.6 Å². The molecule has 5 nitrogen and oxygen atoms in total. The van der Waals surface area contributed by atoms with Gasteiger partial charge in [0.25, 0.3) is 5.91 Å². The third-order valence-corrected chi connectivity index (χ3v) is 4.03. The number of methoxy groups -OCH3 is 1. The SMILES string of the molecule is COC(=O)c1ccc(C#CCN2C(=O)C(F)(F)C[C@@H]2C=O)s1. The van der Waals surface area contributed by atoms with E-state index in [1.807, 2.05) is 0 Å². The van der Waals surface area contributed by atoms with Crippen molar-refractivity contribution in [3.8, 4) is 11.8 Å². The molecule has 1 aliphatic rings. The van der Waals surface area contributed by atoms with Crippen LogP contribution in [-0.4, -0.2) is 48.7 Å². The van der Waals surface area contributed by atoms with Gasteiger partial charge in [-0.25, -0.2) is 4.79 Å². The van der Waals surface area contributed by atoms with Crippen LogP contribution in [0.5, 0.6) is 0 Å². The highest BCUT2D eigenvalue weighted by molar-refractivity contribution is 7.14. The van der Waals surface area contributed by atoms with Crippen molar-refractivity contribution in [2.75, 3.05) is 13.7 Å². The maximum atomic E-state index is 13.3. The predicted octanol–water partition coefficient (Wildman–Crippen LogP) is 1.32. The first-order chi connectivity index (χ1) is 10.4. The van der Waals surface area contributed by atoms with Crippen LogP contribution < -0.4 is 0 Å². The van der Waals surface area contributed by atoms with Gasteiger partial charge >= 0.3 is 11.9 Å². The number of alkyl halides is 2. The molecule has 116 valence electrons. The molecule has 1 atom stereocenters. The number of likely N-dealkylation sites (tertiary alicyclic amines) is 1. The van der Waals surface area contributed by atoms with Gasteiger partial charge in [0, 0.05) is 6.42 Å². The number of amides is 1. The molecule has 0 N–H and O–H groups in total. The summed E-state index contributed by atoms with van der Waals surface area (Å²) in [7, 11) is 1.26. The lowest BCUT2D eigenvalue weighted by Crippen LogP contribution is -2.37. The van der Waals surface area contributed by atoms with E-state index in [1.54, 1.807) is 6.07 Å². The molecule has 0 bridgehead atoms. The molecule has 0 radical (unpaired) electrons. The van der Waals surface area contributed by atoms with Gasteiger partial charge in [-0.2, -0.15) is 8.78 Å². The number of nitrogens with zero attached hydrogens (tertiary/aromatic N) is 1. The lowest BCUT2D eigenvalue weighted by molar-refractivity contribution is -0.147. The fourth-order valence-corrected chi connectivity index (χ4v) is 2.76. The van der Waals surface area contributed by atoms with Crippen molar-refractivity contribution < 1.29 is 27.9 Å². The highest BCUT2D eigenvalue weighted by Gasteiger charge is 2.53. The Morgan fingerprint density at radius 2 is 2.32 bits per heavy atom. The molecule has 0 aliphatic carbocycles. The fraction of sp³-hybridized carbons (Fsp3) is 0.357. The van der Waals surface area contributed by atoms with Crippen LogP contribution in [0.2, 0.25) is 0 Å². The van der Waals surface area contributed by atoms with Crippen molar-refractivity contribution in [3.05, 3.63) is 21.9 Å². The van der Waals surface area contributed by atoms with Crippen LogP contribution in [0.15, 0.2) is 12.1 Å². The Morgan fingerprint density at radius 1 is 1.59 bits per heavy atom. The minimum atomic E-state index is -3.52. The largest absolute Gasteiger partial charge is 0.465 e. The van der Waals surface area contributed by atoms with Gasteiger partial charge in [-0.05, 0) is 12.1 Å². The number of esters is 1. The first-order valence-electron chi connectivity index (χ1n) is 6.20. The second kappa shape index (κ2) is 6.23. The molecule has 8 heteroatoms. The van der Waals surface area contributed by atoms with Crippen molar-refractivity contribution >= 4 is 29.5 Å². The number of aldehydes is 1. The smallest absolute Gasteiger partial charge is 0.348 e. The number of ether oxygens (including phenoxy) is 1. The Morgan fingerprint density at radius 3 is 2.95 bits per heavy atom. The summed E-state index contributed by atoms with van der Waals surface area (Å²) in [4.78, 5) is 35.2. The lowest BCUT2D eigenvalue weighted by atomic mass is 10.2. The Hall–Kier alpha value is -2.27. The van der Waals surface area contributed by atoms with Gasteiger partial charge in [0.2, 0.25) is 0 Å². The van der Waals surface area contributed by atoms with Gasteiger partial charge in [-0.1, -0.05) is 11.8 Å².